The summed E-state index contributed by atoms with van der Waals surface area (Å²) in [7, 11) is 0. The lowest BCUT2D eigenvalue weighted by Gasteiger charge is -2.19. The monoisotopic (exact) mass is 358 g/mol. The zero-order valence-corrected chi connectivity index (χ0v) is 15.6. The molecule has 0 heterocycles. The molecule has 1 atom stereocenters. The van der Waals surface area contributed by atoms with Crippen LogP contribution in [0.1, 0.15) is 39.3 Å². The normalized spacial score (nSPS) is 12.5. The van der Waals surface area contributed by atoms with Crippen molar-refractivity contribution in [3.8, 4) is 6.07 Å². The van der Waals surface area contributed by atoms with E-state index in [1.54, 1.807) is 20.8 Å². The highest BCUT2D eigenvalue weighted by Gasteiger charge is 2.15. The molecular weight excluding hydrogens is 332 g/mol. The third-order valence-corrected chi connectivity index (χ3v) is 3.20. The van der Waals surface area contributed by atoms with Gasteiger partial charge >= 0.3 is 6.09 Å². The summed E-state index contributed by atoms with van der Waals surface area (Å²) in [5, 5.41) is 17.3. The van der Waals surface area contributed by atoms with Gasteiger partial charge in [-0.25, -0.2) is 4.79 Å². The smallest absolute Gasteiger partial charge is 0.407 e. The SMILES string of the molecule is CC(NC(=O)/C(C#N)=C\NCCNC(=O)OC(C)(C)C)c1ccccc1. The first-order chi connectivity index (χ1) is 12.2. The van der Waals surface area contributed by atoms with Crippen LogP contribution in [0.2, 0.25) is 0 Å². The van der Waals surface area contributed by atoms with Crippen molar-refractivity contribution in [1.82, 2.24) is 16.0 Å². The molecule has 1 aromatic rings. The molecule has 0 aliphatic carbocycles. The number of alkyl carbamates (subject to hydrolysis) is 1. The Hall–Kier alpha value is -3.01. The predicted octanol–water partition coefficient (Wildman–Crippen LogP) is 2.39. The number of nitrogens with one attached hydrogen (secondary N) is 3. The van der Waals surface area contributed by atoms with Gasteiger partial charge in [0, 0.05) is 19.3 Å². The average molecular weight is 358 g/mol. The second kappa shape index (κ2) is 10.1. The fourth-order valence-corrected chi connectivity index (χ4v) is 1.97. The van der Waals surface area contributed by atoms with Gasteiger partial charge in [-0.3, -0.25) is 4.79 Å². The summed E-state index contributed by atoms with van der Waals surface area (Å²) in [6.07, 6.45) is 0.822. The summed E-state index contributed by atoms with van der Waals surface area (Å²) in [6, 6.07) is 11.1. The van der Waals surface area contributed by atoms with Gasteiger partial charge < -0.3 is 20.7 Å². The average Bonchev–Trinajstić information content (AvgIpc) is 2.57. The minimum absolute atomic E-state index is 0.0370. The first-order valence-corrected chi connectivity index (χ1v) is 8.39. The molecule has 0 aliphatic heterocycles. The fourth-order valence-electron chi connectivity index (χ4n) is 1.97. The van der Waals surface area contributed by atoms with Gasteiger partial charge in [-0.2, -0.15) is 5.26 Å². The molecule has 2 amide bonds. The van der Waals surface area contributed by atoms with Crippen molar-refractivity contribution in [3.05, 3.63) is 47.7 Å². The van der Waals surface area contributed by atoms with Gasteiger partial charge in [0.1, 0.15) is 17.2 Å². The topological polar surface area (TPSA) is 103 Å². The van der Waals surface area contributed by atoms with Crippen LogP contribution in [0.15, 0.2) is 42.1 Å². The molecule has 0 aromatic heterocycles. The van der Waals surface area contributed by atoms with Crippen molar-refractivity contribution in [2.45, 2.75) is 39.3 Å². The van der Waals surface area contributed by atoms with Crippen molar-refractivity contribution in [3.63, 3.8) is 0 Å². The lowest BCUT2D eigenvalue weighted by molar-refractivity contribution is -0.117. The van der Waals surface area contributed by atoms with E-state index in [1.165, 1.54) is 6.20 Å². The van der Waals surface area contributed by atoms with E-state index in [0.717, 1.165) is 5.56 Å². The lowest BCUT2D eigenvalue weighted by atomic mass is 10.1. The third kappa shape index (κ3) is 8.20. The highest BCUT2D eigenvalue weighted by atomic mass is 16.6. The number of benzene rings is 1. The number of rotatable bonds is 7. The van der Waals surface area contributed by atoms with Crippen molar-refractivity contribution >= 4 is 12.0 Å². The number of nitrogens with zero attached hydrogens (tertiary/aromatic N) is 1. The van der Waals surface area contributed by atoms with E-state index in [-0.39, 0.29) is 11.6 Å². The molecule has 0 aliphatic rings. The molecule has 140 valence electrons. The zero-order valence-electron chi connectivity index (χ0n) is 15.6. The summed E-state index contributed by atoms with van der Waals surface area (Å²) in [5.74, 6) is -0.462. The maximum atomic E-state index is 12.2. The number of nitriles is 1. The molecular formula is C19H26N4O3. The van der Waals surface area contributed by atoms with Crippen LogP contribution >= 0.6 is 0 Å². The second-order valence-corrected chi connectivity index (χ2v) is 6.66. The largest absolute Gasteiger partial charge is 0.444 e. The molecule has 0 spiro atoms. The van der Waals surface area contributed by atoms with Crippen molar-refractivity contribution in [1.29, 1.82) is 5.26 Å². The molecule has 0 bridgehead atoms. The van der Waals surface area contributed by atoms with E-state index >= 15 is 0 Å². The van der Waals surface area contributed by atoms with Gasteiger partial charge in [0.15, 0.2) is 0 Å². The molecule has 3 N–H and O–H groups in total. The van der Waals surface area contributed by atoms with E-state index < -0.39 is 17.6 Å². The van der Waals surface area contributed by atoms with E-state index in [9.17, 15) is 9.59 Å². The quantitative estimate of drug-likeness (QED) is 0.394. The zero-order chi connectivity index (χ0) is 19.6. The van der Waals surface area contributed by atoms with Crippen LogP contribution in [0.5, 0.6) is 0 Å². The fraction of sp³-hybridized carbons (Fsp3) is 0.421. The number of carbonyl (C=O) groups excluding carboxylic acids is 2. The molecule has 0 fully saturated rings. The molecule has 7 heteroatoms. The Morgan fingerprint density at radius 3 is 2.46 bits per heavy atom. The predicted molar refractivity (Wildman–Crippen MR) is 98.9 cm³/mol. The van der Waals surface area contributed by atoms with Crippen molar-refractivity contribution < 1.29 is 14.3 Å². The minimum atomic E-state index is -0.557. The highest BCUT2D eigenvalue weighted by Crippen LogP contribution is 2.11. The minimum Gasteiger partial charge on any atom is -0.444 e. The maximum Gasteiger partial charge on any atom is 0.407 e. The molecule has 1 aromatic carbocycles. The van der Waals surface area contributed by atoms with Gasteiger partial charge in [0.05, 0.1) is 6.04 Å². The van der Waals surface area contributed by atoms with E-state index in [4.69, 9.17) is 10.00 Å². The van der Waals surface area contributed by atoms with Gasteiger partial charge in [0.25, 0.3) is 5.91 Å². The summed E-state index contributed by atoms with van der Waals surface area (Å²) in [4.78, 5) is 23.6. The number of ether oxygens (including phenoxy) is 1. The molecule has 0 saturated heterocycles. The molecule has 26 heavy (non-hydrogen) atoms. The Kier molecular flexibility index (Phi) is 8.16. The van der Waals surface area contributed by atoms with Crippen LogP contribution in [0, 0.1) is 11.3 Å². The molecule has 1 rings (SSSR count). The lowest BCUT2D eigenvalue weighted by Crippen LogP contribution is -2.36. The Morgan fingerprint density at radius 1 is 1.23 bits per heavy atom. The van der Waals surface area contributed by atoms with Crippen LogP contribution < -0.4 is 16.0 Å². The number of carbonyl (C=O) groups is 2. The van der Waals surface area contributed by atoms with Gasteiger partial charge in [-0.1, -0.05) is 30.3 Å². The van der Waals surface area contributed by atoms with Crippen LogP contribution in [-0.4, -0.2) is 30.7 Å². The molecule has 1 unspecified atom stereocenters. The molecule has 0 radical (unpaired) electrons. The Bertz CT molecular complexity index is 672. The van der Waals surface area contributed by atoms with Crippen LogP contribution in [0.3, 0.4) is 0 Å². The molecule has 7 nitrogen and oxygen atoms in total. The Balaban J connectivity index is 2.41. The van der Waals surface area contributed by atoms with Crippen molar-refractivity contribution in [2.75, 3.05) is 13.1 Å². The number of hydrogen-bond acceptors (Lipinski definition) is 5. The Labute approximate surface area is 154 Å². The van der Waals surface area contributed by atoms with Gasteiger partial charge in [0.2, 0.25) is 0 Å². The van der Waals surface area contributed by atoms with E-state index in [0.29, 0.717) is 13.1 Å². The second-order valence-electron chi connectivity index (χ2n) is 6.66. The van der Waals surface area contributed by atoms with E-state index in [1.807, 2.05) is 43.3 Å². The third-order valence-electron chi connectivity index (χ3n) is 3.20. The first-order valence-electron chi connectivity index (χ1n) is 8.39. The first kappa shape index (κ1) is 21.0. The standard InChI is InChI=1S/C19H26N4O3/c1-14(15-8-6-5-7-9-15)23-17(24)16(12-20)13-21-10-11-22-18(25)26-19(2,3)4/h5-9,13-14,21H,10-11H2,1-4H3,(H,22,25)(H,23,24)/b16-13-. The highest BCUT2D eigenvalue weighted by molar-refractivity contribution is 5.97. The van der Waals surface area contributed by atoms with Gasteiger partial charge in [-0.15, -0.1) is 0 Å². The number of amides is 2. The number of hydrogen-bond donors (Lipinski definition) is 3. The molecule has 0 saturated carbocycles. The van der Waals surface area contributed by atoms with Crippen LogP contribution in [0.25, 0.3) is 0 Å². The van der Waals surface area contributed by atoms with Crippen LogP contribution in [-0.2, 0) is 9.53 Å². The maximum absolute atomic E-state index is 12.2. The van der Waals surface area contributed by atoms with E-state index in [2.05, 4.69) is 16.0 Å². The van der Waals surface area contributed by atoms with Crippen molar-refractivity contribution in [2.24, 2.45) is 0 Å². The summed E-state index contributed by atoms with van der Waals surface area (Å²) >= 11 is 0. The summed E-state index contributed by atoms with van der Waals surface area (Å²) in [6.45, 7) is 7.84. The Morgan fingerprint density at radius 2 is 1.88 bits per heavy atom. The summed E-state index contributed by atoms with van der Waals surface area (Å²) < 4.78 is 5.10. The summed E-state index contributed by atoms with van der Waals surface area (Å²) in [5.41, 5.74) is 0.358. The van der Waals surface area contributed by atoms with Crippen LogP contribution in [0.4, 0.5) is 4.79 Å². The van der Waals surface area contributed by atoms with Gasteiger partial charge in [-0.05, 0) is 33.3 Å².